The first-order valence-electron chi connectivity index (χ1n) is 7.59. The molecule has 0 aromatic heterocycles. The molecule has 7 nitrogen and oxygen atoms in total. The molecule has 1 aliphatic heterocycles. The molecule has 2 unspecified atom stereocenters. The molecule has 0 fully saturated rings. The summed E-state index contributed by atoms with van der Waals surface area (Å²) in [6, 6.07) is 3.08. The van der Waals surface area contributed by atoms with E-state index < -0.39 is 23.9 Å². The van der Waals surface area contributed by atoms with Crippen molar-refractivity contribution < 1.29 is 29.2 Å². The predicted octanol–water partition coefficient (Wildman–Crippen LogP) is 2.38. The van der Waals surface area contributed by atoms with Crippen LogP contribution in [0.2, 0.25) is 5.02 Å². The lowest BCUT2D eigenvalue weighted by atomic mass is 10.0. The SMILES string of the molecule is CC(C)(C)OC(=O)NCCC(O)C(O)c1cc2c(cc1Cl)OCO2. The molecular weight excluding hydrogens is 338 g/mol. The molecule has 1 aromatic carbocycles. The maximum Gasteiger partial charge on any atom is 0.407 e. The van der Waals surface area contributed by atoms with Crippen LogP contribution in [0.3, 0.4) is 0 Å². The van der Waals surface area contributed by atoms with Gasteiger partial charge in [0, 0.05) is 18.2 Å². The molecule has 0 aliphatic carbocycles. The number of fused-ring (bicyclic) bond motifs is 1. The van der Waals surface area contributed by atoms with Crippen LogP contribution in [0.5, 0.6) is 11.5 Å². The monoisotopic (exact) mass is 359 g/mol. The number of amides is 1. The summed E-state index contributed by atoms with van der Waals surface area (Å²) < 4.78 is 15.5. The number of rotatable bonds is 5. The largest absolute Gasteiger partial charge is 0.454 e. The van der Waals surface area contributed by atoms with Gasteiger partial charge in [-0.25, -0.2) is 4.79 Å². The highest BCUT2D eigenvalue weighted by molar-refractivity contribution is 6.31. The van der Waals surface area contributed by atoms with Gasteiger partial charge in [0.15, 0.2) is 11.5 Å². The quantitative estimate of drug-likeness (QED) is 0.746. The van der Waals surface area contributed by atoms with Gasteiger partial charge >= 0.3 is 6.09 Å². The zero-order valence-corrected chi connectivity index (χ0v) is 14.6. The Balaban J connectivity index is 1.89. The third-order valence-corrected chi connectivity index (χ3v) is 3.61. The molecule has 0 radical (unpaired) electrons. The standard InChI is InChI=1S/C16H22ClNO6/c1-16(2,3)24-15(21)18-5-4-11(19)14(20)9-6-12-13(7-10(9)17)23-8-22-12/h6-7,11,14,19-20H,4-5,8H2,1-3H3,(H,18,21). The molecule has 1 aromatic rings. The van der Waals surface area contributed by atoms with Crippen molar-refractivity contribution in [3.8, 4) is 11.5 Å². The Hall–Kier alpha value is -1.70. The highest BCUT2D eigenvalue weighted by atomic mass is 35.5. The van der Waals surface area contributed by atoms with Crippen LogP contribution in [0.25, 0.3) is 0 Å². The molecule has 2 atom stereocenters. The van der Waals surface area contributed by atoms with Gasteiger partial charge in [0.1, 0.15) is 11.7 Å². The van der Waals surface area contributed by atoms with Gasteiger partial charge in [-0.3, -0.25) is 0 Å². The van der Waals surface area contributed by atoms with E-state index in [2.05, 4.69) is 5.32 Å². The molecule has 3 N–H and O–H groups in total. The molecule has 24 heavy (non-hydrogen) atoms. The summed E-state index contributed by atoms with van der Waals surface area (Å²) >= 11 is 6.11. The van der Waals surface area contributed by atoms with Crippen molar-refractivity contribution in [3.05, 3.63) is 22.7 Å². The number of halogens is 1. The van der Waals surface area contributed by atoms with Crippen molar-refractivity contribution in [2.45, 2.75) is 45.0 Å². The summed E-state index contributed by atoms with van der Waals surface area (Å²) in [5.74, 6) is 0.963. The van der Waals surface area contributed by atoms with Crippen molar-refractivity contribution in [3.63, 3.8) is 0 Å². The minimum absolute atomic E-state index is 0.0908. The minimum atomic E-state index is -1.22. The van der Waals surface area contributed by atoms with E-state index in [9.17, 15) is 15.0 Å². The van der Waals surface area contributed by atoms with E-state index in [0.29, 0.717) is 17.1 Å². The fraction of sp³-hybridized carbons (Fsp3) is 0.562. The number of carbonyl (C=O) groups is 1. The maximum absolute atomic E-state index is 11.5. The molecule has 1 amide bonds. The van der Waals surface area contributed by atoms with Crippen molar-refractivity contribution in [2.24, 2.45) is 0 Å². The molecule has 8 heteroatoms. The zero-order valence-electron chi connectivity index (χ0n) is 13.8. The van der Waals surface area contributed by atoms with E-state index in [1.807, 2.05) is 0 Å². The second-order valence-electron chi connectivity index (χ2n) is 6.46. The first kappa shape index (κ1) is 18.6. The van der Waals surface area contributed by atoms with E-state index >= 15 is 0 Å². The van der Waals surface area contributed by atoms with Crippen LogP contribution in [0, 0.1) is 0 Å². The van der Waals surface area contributed by atoms with Crippen molar-refractivity contribution >= 4 is 17.7 Å². The van der Waals surface area contributed by atoms with E-state index in [0.717, 1.165) is 0 Å². The first-order chi connectivity index (χ1) is 11.2. The number of aliphatic hydroxyl groups excluding tert-OH is 2. The third-order valence-electron chi connectivity index (χ3n) is 3.28. The lowest BCUT2D eigenvalue weighted by molar-refractivity contribution is 0.0123. The number of nitrogens with one attached hydrogen (secondary N) is 1. The third kappa shape index (κ3) is 4.90. The fourth-order valence-electron chi connectivity index (χ4n) is 2.16. The van der Waals surface area contributed by atoms with E-state index in [-0.39, 0.29) is 24.8 Å². The maximum atomic E-state index is 11.5. The first-order valence-corrected chi connectivity index (χ1v) is 7.97. The van der Waals surface area contributed by atoms with Crippen LogP contribution in [0.15, 0.2) is 12.1 Å². The van der Waals surface area contributed by atoms with Crippen LogP contribution in [-0.2, 0) is 4.74 Å². The average Bonchev–Trinajstić information content (AvgIpc) is 2.90. The molecular formula is C16H22ClNO6. The highest BCUT2D eigenvalue weighted by Crippen LogP contribution is 2.39. The lowest BCUT2D eigenvalue weighted by Crippen LogP contribution is -2.34. The number of benzene rings is 1. The topological polar surface area (TPSA) is 97.3 Å². The fourth-order valence-corrected chi connectivity index (χ4v) is 2.43. The number of hydrogen-bond donors (Lipinski definition) is 3. The predicted molar refractivity (Wildman–Crippen MR) is 87.4 cm³/mol. The van der Waals surface area contributed by atoms with Gasteiger partial charge in [-0.15, -0.1) is 0 Å². The Bertz CT molecular complexity index is 601. The second kappa shape index (κ2) is 7.46. The smallest absolute Gasteiger partial charge is 0.407 e. The Labute approximate surface area is 145 Å². The van der Waals surface area contributed by atoms with Crippen LogP contribution in [0.1, 0.15) is 38.9 Å². The van der Waals surface area contributed by atoms with Gasteiger partial charge in [-0.1, -0.05) is 11.6 Å². The summed E-state index contributed by atoms with van der Waals surface area (Å²) in [5, 5.41) is 23.2. The van der Waals surface area contributed by atoms with Gasteiger partial charge in [0.25, 0.3) is 0 Å². The summed E-state index contributed by atoms with van der Waals surface area (Å²) in [7, 11) is 0. The van der Waals surface area contributed by atoms with E-state index in [1.165, 1.54) is 6.07 Å². The minimum Gasteiger partial charge on any atom is -0.454 e. The molecule has 0 saturated heterocycles. The van der Waals surface area contributed by atoms with Gasteiger partial charge < -0.3 is 29.7 Å². The molecule has 2 rings (SSSR count). The van der Waals surface area contributed by atoms with Crippen LogP contribution < -0.4 is 14.8 Å². The zero-order chi connectivity index (χ0) is 17.9. The molecule has 1 heterocycles. The van der Waals surface area contributed by atoms with Crippen molar-refractivity contribution in [1.29, 1.82) is 0 Å². The number of alkyl carbamates (subject to hydrolysis) is 1. The van der Waals surface area contributed by atoms with E-state index in [4.69, 9.17) is 25.8 Å². The van der Waals surface area contributed by atoms with Crippen LogP contribution in [-0.4, -0.2) is 41.3 Å². The van der Waals surface area contributed by atoms with Crippen LogP contribution in [0.4, 0.5) is 4.79 Å². The molecule has 0 saturated carbocycles. The Kier molecular flexibility index (Phi) is 5.79. The van der Waals surface area contributed by atoms with Crippen molar-refractivity contribution in [1.82, 2.24) is 5.32 Å². The summed E-state index contributed by atoms with van der Waals surface area (Å²) in [4.78, 5) is 11.5. The summed E-state index contributed by atoms with van der Waals surface area (Å²) in [5.41, 5.74) is -0.256. The number of aliphatic hydroxyl groups is 2. The van der Waals surface area contributed by atoms with Gasteiger partial charge in [-0.05, 0) is 33.3 Å². The molecule has 0 spiro atoms. The normalized spacial score (nSPS) is 15.8. The summed E-state index contributed by atoms with van der Waals surface area (Å²) in [6.45, 7) is 5.51. The average molecular weight is 360 g/mol. The van der Waals surface area contributed by atoms with Crippen LogP contribution >= 0.6 is 11.6 Å². The Morgan fingerprint density at radius 1 is 1.33 bits per heavy atom. The molecule has 0 bridgehead atoms. The highest BCUT2D eigenvalue weighted by Gasteiger charge is 2.25. The van der Waals surface area contributed by atoms with Gasteiger partial charge in [0.05, 0.1) is 11.1 Å². The lowest BCUT2D eigenvalue weighted by Gasteiger charge is -2.21. The Morgan fingerprint density at radius 3 is 2.58 bits per heavy atom. The molecule has 134 valence electrons. The second-order valence-corrected chi connectivity index (χ2v) is 6.86. The molecule has 1 aliphatic rings. The van der Waals surface area contributed by atoms with Gasteiger partial charge in [0.2, 0.25) is 6.79 Å². The van der Waals surface area contributed by atoms with Gasteiger partial charge in [-0.2, -0.15) is 0 Å². The Morgan fingerprint density at radius 2 is 1.96 bits per heavy atom. The van der Waals surface area contributed by atoms with Crippen molar-refractivity contribution in [2.75, 3.05) is 13.3 Å². The number of hydrogen-bond acceptors (Lipinski definition) is 6. The van der Waals surface area contributed by atoms with E-state index in [1.54, 1.807) is 26.8 Å². The number of carbonyl (C=O) groups excluding carboxylic acids is 1. The summed E-state index contributed by atoms with van der Waals surface area (Å²) in [6.07, 6.45) is -2.78. The number of ether oxygens (including phenoxy) is 3.